The van der Waals surface area contributed by atoms with Crippen molar-refractivity contribution in [2.45, 2.75) is 38.6 Å². The number of benzene rings is 1. The fourth-order valence-corrected chi connectivity index (χ4v) is 4.95. The monoisotopic (exact) mass is 377 g/mol. The lowest BCUT2D eigenvalue weighted by Gasteiger charge is -2.36. The van der Waals surface area contributed by atoms with Gasteiger partial charge in [0.1, 0.15) is 0 Å². The number of thioether (sulfide) groups is 1. The number of likely N-dealkylation sites (tertiary alicyclic amines) is 1. The van der Waals surface area contributed by atoms with Crippen molar-refractivity contribution in [2.24, 2.45) is 0 Å². The van der Waals surface area contributed by atoms with Crippen LogP contribution in [0.1, 0.15) is 41.6 Å². The highest BCUT2D eigenvalue weighted by Gasteiger charge is 2.30. The Hall–Kier alpha value is -1.60. The van der Waals surface area contributed by atoms with E-state index in [4.69, 9.17) is 0 Å². The van der Waals surface area contributed by atoms with Gasteiger partial charge in [0.25, 0.3) is 11.6 Å². The van der Waals surface area contributed by atoms with Gasteiger partial charge in [-0.05, 0) is 51.1 Å². The predicted octanol–water partition coefficient (Wildman–Crippen LogP) is 3.34. The molecule has 3 rings (SSSR count). The normalized spacial score (nSPS) is 22.0. The molecule has 0 saturated carbocycles. The van der Waals surface area contributed by atoms with Crippen molar-refractivity contribution in [1.82, 2.24) is 9.80 Å². The Balaban J connectivity index is 1.82. The lowest BCUT2D eigenvalue weighted by atomic mass is 10.0. The van der Waals surface area contributed by atoms with Gasteiger partial charge in [0.05, 0.1) is 11.0 Å². The van der Waals surface area contributed by atoms with Crippen LogP contribution in [0.25, 0.3) is 0 Å². The van der Waals surface area contributed by atoms with Crippen molar-refractivity contribution in [1.29, 1.82) is 0 Å². The van der Waals surface area contributed by atoms with E-state index in [1.54, 1.807) is 19.1 Å². The maximum Gasteiger partial charge on any atom is 0.273 e. The molecule has 2 heterocycles. The number of hydrogen-bond donors (Lipinski definition) is 0. The molecule has 0 radical (unpaired) electrons. The molecule has 0 spiro atoms. The van der Waals surface area contributed by atoms with Gasteiger partial charge in [0.15, 0.2) is 0 Å². The third-order valence-corrected chi connectivity index (χ3v) is 6.55. The van der Waals surface area contributed by atoms with E-state index in [-0.39, 0.29) is 17.6 Å². The molecule has 1 aromatic carbocycles. The third kappa shape index (κ3) is 4.38. The van der Waals surface area contributed by atoms with E-state index in [0.717, 1.165) is 44.1 Å². The lowest BCUT2D eigenvalue weighted by Crippen LogP contribution is -2.49. The Labute approximate surface area is 159 Å². The van der Waals surface area contributed by atoms with Gasteiger partial charge >= 0.3 is 0 Å². The van der Waals surface area contributed by atoms with Gasteiger partial charge in [-0.25, -0.2) is 0 Å². The van der Waals surface area contributed by atoms with Crippen molar-refractivity contribution in [3.8, 4) is 0 Å². The van der Waals surface area contributed by atoms with E-state index < -0.39 is 4.92 Å². The van der Waals surface area contributed by atoms with E-state index >= 15 is 0 Å². The van der Waals surface area contributed by atoms with Crippen LogP contribution in [0.2, 0.25) is 0 Å². The molecule has 1 unspecified atom stereocenters. The van der Waals surface area contributed by atoms with Gasteiger partial charge in [-0.1, -0.05) is 12.5 Å². The van der Waals surface area contributed by atoms with Crippen LogP contribution in [-0.2, 0) is 0 Å². The van der Waals surface area contributed by atoms with Crippen LogP contribution in [-0.4, -0.2) is 64.4 Å². The second-order valence-corrected chi connectivity index (χ2v) is 8.30. The molecule has 26 heavy (non-hydrogen) atoms. The van der Waals surface area contributed by atoms with E-state index in [2.05, 4.69) is 4.90 Å². The molecule has 142 valence electrons. The van der Waals surface area contributed by atoms with Crippen molar-refractivity contribution in [2.75, 3.05) is 37.7 Å². The average molecular weight is 378 g/mol. The molecule has 0 N–H and O–H groups in total. The molecule has 2 fully saturated rings. The van der Waals surface area contributed by atoms with Gasteiger partial charge < -0.3 is 9.80 Å². The van der Waals surface area contributed by atoms with Crippen LogP contribution < -0.4 is 0 Å². The van der Waals surface area contributed by atoms with Crippen LogP contribution >= 0.6 is 11.8 Å². The van der Waals surface area contributed by atoms with Crippen LogP contribution in [0, 0.1) is 17.0 Å². The molecule has 1 aromatic rings. The van der Waals surface area contributed by atoms with Crippen LogP contribution in [0.15, 0.2) is 18.2 Å². The first-order valence-electron chi connectivity index (χ1n) is 9.43. The van der Waals surface area contributed by atoms with Crippen molar-refractivity contribution < 1.29 is 9.72 Å². The molecule has 6 nitrogen and oxygen atoms in total. The van der Waals surface area contributed by atoms with Gasteiger partial charge in [-0.3, -0.25) is 14.9 Å². The Morgan fingerprint density at radius 2 is 2.00 bits per heavy atom. The molecule has 1 amide bonds. The minimum atomic E-state index is -0.407. The minimum absolute atomic E-state index is 0.0210. The highest BCUT2D eigenvalue weighted by atomic mass is 32.2. The quantitative estimate of drug-likeness (QED) is 0.595. The molecule has 2 saturated heterocycles. The Bertz CT molecular complexity index is 661. The number of carbonyl (C=O) groups is 1. The summed E-state index contributed by atoms with van der Waals surface area (Å²) in [5.74, 6) is 1.94. The molecule has 7 heteroatoms. The number of amides is 1. The first-order valence-corrected chi connectivity index (χ1v) is 10.6. The maximum absolute atomic E-state index is 13.3. The molecule has 0 aromatic heterocycles. The molecular formula is C19H27N3O3S. The second kappa shape index (κ2) is 8.86. The number of rotatable bonds is 4. The highest BCUT2D eigenvalue weighted by molar-refractivity contribution is 7.99. The van der Waals surface area contributed by atoms with E-state index in [1.807, 2.05) is 16.7 Å². The number of carbonyl (C=O) groups excluding carboxylic acids is 1. The summed E-state index contributed by atoms with van der Waals surface area (Å²) >= 11 is 1.91. The van der Waals surface area contributed by atoms with Crippen LogP contribution in [0.5, 0.6) is 0 Å². The largest absolute Gasteiger partial charge is 0.334 e. The first kappa shape index (κ1) is 19.2. The number of nitro groups is 1. The van der Waals surface area contributed by atoms with E-state index in [0.29, 0.717) is 11.1 Å². The van der Waals surface area contributed by atoms with Crippen molar-refractivity contribution >= 4 is 23.4 Å². The van der Waals surface area contributed by atoms with Crippen molar-refractivity contribution in [3.63, 3.8) is 0 Å². The number of hydrogen-bond acceptors (Lipinski definition) is 5. The standard InChI is InChI=1S/C19H27N3O3S/c1-15-17(7-5-8-18(15)22(24)25)19(23)21-11-6-12-26-14-16(21)13-20-9-3-2-4-10-20/h5,7-8,16H,2-4,6,9-14H2,1H3. The zero-order valence-corrected chi connectivity index (χ0v) is 16.2. The fraction of sp³-hybridized carbons (Fsp3) is 0.632. The van der Waals surface area contributed by atoms with Gasteiger partial charge in [-0.2, -0.15) is 11.8 Å². The Morgan fingerprint density at radius 1 is 1.23 bits per heavy atom. The van der Waals surface area contributed by atoms with Gasteiger partial charge in [-0.15, -0.1) is 0 Å². The molecule has 0 bridgehead atoms. The summed E-state index contributed by atoms with van der Waals surface area (Å²) in [6.07, 6.45) is 4.74. The molecular weight excluding hydrogens is 350 g/mol. The second-order valence-electron chi connectivity index (χ2n) is 7.15. The zero-order chi connectivity index (χ0) is 18.5. The lowest BCUT2D eigenvalue weighted by molar-refractivity contribution is -0.385. The number of nitrogens with zero attached hydrogens (tertiary/aromatic N) is 3. The number of piperidine rings is 1. The summed E-state index contributed by atoms with van der Waals surface area (Å²) in [5.41, 5.74) is 0.957. The van der Waals surface area contributed by atoms with Crippen molar-refractivity contribution in [3.05, 3.63) is 39.4 Å². The Kier molecular flexibility index (Phi) is 6.53. The molecule has 0 aliphatic carbocycles. The summed E-state index contributed by atoms with van der Waals surface area (Å²) in [6.45, 7) is 5.54. The average Bonchev–Trinajstić information content (AvgIpc) is 2.87. The molecule has 1 atom stereocenters. The SMILES string of the molecule is Cc1c(C(=O)N2CCCSCC2CN2CCCCC2)cccc1[N+](=O)[O-]. The third-order valence-electron chi connectivity index (χ3n) is 5.35. The minimum Gasteiger partial charge on any atom is -0.334 e. The van der Waals surface area contributed by atoms with E-state index in [9.17, 15) is 14.9 Å². The van der Waals surface area contributed by atoms with E-state index in [1.165, 1.54) is 25.3 Å². The highest BCUT2D eigenvalue weighted by Crippen LogP contribution is 2.26. The first-order chi connectivity index (χ1) is 12.6. The summed E-state index contributed by atoms with van der Waals surface area (Å²) in [4.78, 5) is 28.5. The predicted molar refractivity (Wildman–Crippen MR) is 105 cm³/mol. The Morgan fingerprint density at radius 3 is 2.73 bits per heavy atom. The fourth-order valence-electron chi connectivity index (χ4n) is 3.90. The topological polar surface area (TPSA) is 66.7 Å². The summed E-state index contributed by atoms with van der Waals surface area (Å²) in [7, 11) is 0. The smallest absolute Gasteiger partial charge is 0.273 e. The summed E-state index contributed by atoms with van der Waals surface area (Å²) in [6, 6.07) is 4.98. The summed E-state index contributed by atoms with van der Waals surface area (Å²) < 4.78 is 0. The van der Waals surface area contributed by atoms with Gasteiger partial charge in [0.2, 0.25) is 0 Å². The van der Waals surface area contributed by atoms with Crippen LogP contribution in [0.3, 0.4) is 0 Å². The van der Waals surface area contributed by atoms with Crippen LogP contribution in [0.4, 0.5) is 5.69 Å². The molecule has 2 aliphatic heterocycles. The number of nitro benzene ring substituents is 1. The zero-order valence-electron chi connectivity index (χ0n) is 15.4. The van der Waals surface area contributed by atoms with Gasteiger partial charge in [0, 0.05) is 36.0 Å². The maximum atomic E-state index is 13.3. The summed E-state index contributed by atoms with van der Waals surface area (Å²) in [5, 5.41) is 11.2. The molecule has 2 aliphatic rings.